The molecule has 1 aromatic heterocycles. The first-order chi connectivity index (χ1) is 9.11. The van der Waals surface area contributed by atoms with Gasteiger partial charge in [-0.3, -0.25) is 0 Å². The highest BCUT2D eigenvalue weighted by atomic mass is 16.5. The summed E-state index contributed by atoms with van der Waals surface area (Å²) in [6.45, 7) is 6.83. The van der Waals surface area contributed by atoms with Gasteiger partial charge in [-0.2, -0.15) is 5.10 Å². The molecule has 0 saturated heterocycles. The first kappa shape index (κ1) is 13.5. The molecule has 0 aliphatic rings. The molecule has 0 radical (unpaired) electrons. The summed E-state index contributed by atoms with van der Waals surface area (Å²) in [6, 6.07) is 5.78. The van der Waals surface area contributed by atoms with Gasteiger partial charge in [0.05, 0.1) is 6.10 Å². The molecule has 0 spiro atoms. The van der Waals surface area contributed by atoms with Gasteiger partial charge in [0.1, 0.15) is 18.7 Å². The monoisotopic (exact) mass is 261 g/mol. The van der Waals surface area contributed by atoms with Crippen LogP contribution in [0.25, 0.3) is 0 Å². The maximum atomic E-state index is 9.74. The van der Waals surface area contributed by atoms with Crippen molar-refractivity contribution < 1.29 is 9.84 Å². The van der Waals surface area contributed by atoms with Gasteiger partial charge < -0.3 is 9.84 Å². The second kappa shape index (κ2) is 5.84. The molecule has 0 saturated carbocycles. The number of benzene rings is 1. The van der Waals surface area contributed by atoms with E-state index in [1.807, 2.05) is 32.0 Å². The van der Waals surface area contributed by atoms with Crippen molar-refractivity contribution in [1.82, 2.24) is 14.8 Å². The normalized spacial score (nSPS) is 12.4. The lowest BCUT2D eigenvalue weighted by Crippen LogP contribution is -2.08. The molecule has 0 unspecified atom stereocenters. The predicted molar refractivity (Wildman–Crippen MR) is 71.8 cm³/mol. The van der Waals surface area contributed by atoms with Gasteiger partial charge in [0.25, 0.3) is 0 Å². The molecule has 1 heterocycles. The molecule has 0 aliphatic carbocycles. The van der Waals surface area contributed by atoms with Gasteiger partial charge in [0.15, 0.2) is 5.82 Å². The third-order valence-electron chi connectivity index (χ3n) is 2.97. The Hall–Kier alpha value is -1.88. The maximum Gasteiger partial charge on any atom is 0.164 e. The van der Waals surface area contributed by atoms with E-state index in [-0.39, 0.29) is 0 Å². The molecule has 1 aromatic carbocycles. The Kier molecular flexibility index (Phi) is 4.16. The lowest BCUT2D eigenvalue weighted by molar-refractivity contribution is 0.189. The predicted octanol–water partition coefficient (Wildman–Crippen LogP) is 2.24. The minimum Gasteiger partial charge on any atom is -0.485 e. The second-order valence-electron chi connectivity index (χ2n) is 4.50. The number of hydrogen-bond donors (Lipinski definition) is 1. The molecule has 5 heteroatoms. The van der Waals surface area contributed by atoms with Gasteiger partial charge in [0.2, 0.25) is 0 Å². The Morgan fingerprint density at radius 1 is 1.42 bits per heavy atom. The van der Waals surface area contributed by atoms with Gasteiger partial charge in [-0.25, -0.2) is 9.67 Å². The Morgan fingerprint density at radius 2 is 2.21 bits per heavy atom. The summed E-state index contributed by atoms with van der Waals surface area (Å²) in [5, 5.41) is 13.8. The van der Waals surface area contributed by atoms with E-state index in [9.17, 15) is 5.11 Å². The van der Waals surface area contributed by atoms with E-state index in [0.717, 1.165) is 23.5 Å². The Bertz CT molecular complexity index is 549. The zero-order valence-electron chi connectivity index (χ0n) is 11.5. The smallest absolute Gasteiger partial charge is 0.164 e. The highest BCUT2D eigenvalue weighted by Crippen LogP contribution is 2.26. The summed E-state index contributed by atoms with van der Waals surface area (Å²) >= 11 is 0. The molecule has 0 amide bonds. The fourth-order valence-electron chi connectivity index (χ4n) is 1.92. The van der Waals surface area contributed by atoms with E-state index >= 15 is 0 Å². The van der Waals surface area contributed by atoms with Crippen LogP contribution in [0.2, 0.25) is 0 Å². The van der Waals surface area contributed by atoms with Crippen LogP contribution in [-0.2, 0) is 13.2 Å². The minimum absolute atomic E-state index is 0.344. The van der Waals surface area contributed by atoms with E-state index in [1.54, 1.807) is 11.6 Å². The summed E-state index contributed by atoms with van der Waals surface area (Å²) in [7, 11) is 0. The van der Waals surface area contributed by atoms with Crippen molar-refractivity contribution in [2.75, 3.05) is 0 Å². The van der Waals surface area contributed by atoms with Crippen LogP contribution in [-0.4, -0.2) is 19.9 Å². The molecule has 1 N–H and O–H groups in total. The molecule has 19 heavy (non-hydrogen) atoms. The molecule has 0 aliphatic heterocycles. The van der Waals surface area contributed by atoms with Gasteiger partial charge >= 0.3 is 0 Å². The van der Waals surface area contributed by atoms with Gasteiger partial charge in [-0.1, -0.05) is 12.1 Å². The van der Waals surface area contributed by atoms with Crippen molar-refractivity contribution in [2.45, 2.75) is 40.0 Å². The molecule has 1 atom stereocenters. The number of rotatable bonds is 5. The molecule has 0 fully saturated rings. The molecule has 5 nitrogen and oxygen atoms in total. The van der Waals surface area contributed by atoms with Crippen molar-refractivity contribution in [3.63, 3.8) is 0 Å². The first-order valence-corrected chi connectivity index (χ1v) is 6.40. The number of nitrogens with zero attached hydrogens (tertiary/aromatic N) is 3. The lowest BCUT2D eigenvalue weighted by Gasteiger charge is -2.14. The summed E-state index contributed by atoms with van der Waals surface area (Å²) < 4.78 is 7.57. The number of ether oxygens (including phenoxy) is 1. The Morgan fingerprint density at radius 3 is 2.89 bits per heavy atom. The molecule has 102 valence electrons. The number of aliphatic hydroxyl groups excluding tert-OH is 1. The van der Waals surface area contributed by atoms with E-state index in [2.05, 4.69) is 10.1 Å². The van der Waals surface area contributed by atoms with E-state index < -0.39 is 6.10 Å². The van der Waals surface area contributed by atoms with Gasteiger partial charge in [-0.15, -0.1) is 0 Å². The Labute approximate surface area is 112 Å². The van der Waals surface area contributed by atoms with Gasteiger partial charge in [0, 0.05) is 12.1 Å². The summed E-state index contributed by atoms with van der Waals surface area (Å²) in [6.07, 6.45) is 0.966. The van der Waals surface area contributed by atoms with Crippen molar-refractivity contribution >= 4 is 0 Å². The fraction of sp³-hybridized carbons (Fsp3) is 0.429. The maximum absolute atomic E-state index is 9.74. The van der Waals surface area contributed by atoms with Crippen molar-refractivity contribution in [1.29, 1.82) is 0 Å². The van der Waals surface area contributed by atoms with Crippen LogP contribution in [0.15, 0.2) is 24.5 Å². The largest absolute Gasteiger partial charge is 0.485 e. The van der Waals surface area contributed by atoms with E-state index in [1.165, 1.54) is 6.33 Å². The average molecular weight is 261 g/mol. The van der Waals surface area contributed by atoms with Crippen molar-refractivity contribution in [3.8, 4) is 5.75 Å². The lowest BCUT2D eigenvalue weighted by atomic mass is 10.1. The highest BCUT2D eigenvalue weighted by Gasteiger charge is 2.11. The SMILES string of the molecule is CCn1ncnc1COc1cc(C)ccc1[C@H](C)O. The number of aliphatic hydroxyl groups is 1. The number of aryl methyl sites for hydroxylation is 2. The highest BCUT2D eigenvalue weighted by molar-refractivity contribution is 5.38. The van der Waals surface area contributed by atoms with Gasteiger partial charge in [-0.05, 0) is 32.4 Å². The first-order valence-electron chi connectivity index (χ1n) is 6.40. The standard InChI is InChI=1S/C14H19N3O2/c1-4-17-14(15-9-16-17)8-19-13-7-10(2)5-6-12(13)11(3)18/h5-7,9,11,18H,4,8H2,1-3H3/t11-/m0/s1. The number of hydrogen-bond acceptors (Lipinski definition) is 4. The van der Waals surface area contributed by atoms with Crippen LogP contribution in [0.4, 0.5) is 0 Å². The summed E-state index contributed by atoms with van der Waals surface area (Å²) in [4.78, 5) is 4.16. The molecule has 0 bridgehead atoms. The third-order valence-corrected chi connectivity index (χ3v) is 2.97. The zero-order valence-corrected chi connectivity index (χ0v) is 11.5. The molecular weight excluding hydrogens is 242 g/mol. The summed E-state index contributed by atoms with van der Waals surface area (Å²) in [5.41, 5.74) is 1.88. The zero-order chi connectivity index (χ0) is 13.8. The van der Waals surface area contributed by atoms with Crippen LogP contribution in [0.5, 0.6) is 5.75 Å². The fourth-order valence-corrected chi connectivity index (χ4v) is 1.92. The van der Waals surface area contributed by atoms with Crippen LogP contribution in [0.1, 0.15) is 36.9 Å². The molecule has 2 rings (SSSR count). The van der Waals surface area contributed by atoms with E-state index in [0.29, 0.717) is 12.4 Å². The van der Waals surface area contributed by atoms with Crippen LogP contribution >= 0.6 is 0 Å². The minimum atomic E-state index is -0.556. The van der Waals surface area contributed by atoms with Crippen molar-refractivity contribution in [3.05, 3.63) is 41.5 Å². The van der Waals surface area contributed by atoms with Crippen molar-refractivity contribution in [2.24, 2.45) is 0 Å². The number of aromatic nitrogens is 3. The quantitative estimate of drug-likeness (QED) is 0.896. The summed E-state index contributed by atoms with van der Waals surface area (Å²) in [5.74, 6) is 1.47. The topological polar surface area (TPSA) is 60.2 Å². The molecule has 2 aromatic rings. The molecular formula is C14H19N3O2. The van der Waals surface area contributed by atoms with Crippen LogP contribution < -0.4 is 4.74 Å². The van der Waals surface area contributed by atoms with Crippen LogP contribution in [0.3, 0.4) is 0 Å². The van der Waals surface area contributed by atoms with Crippen LogP contribution in [0, 0.1) is 6.92 Å². The Balaban J connectivity index is 2.17. The second-order valence-corrected chi connectivity index (χ2v) is 4.50. The average Bonchev–Trinajstić information content (AvgIpc) is 2.83. The van der Waals surface area contributed by atoms with E-state index in [4.69, 9.17) is 4.74 Å². The third kappa shape index (κ3) is 3.12.